The van der Waals surface area contributed by atoms with Gasteiger partial charge in [0, 0.05) is 11.1 Å². The van der Waals surface area contributed by atoms with Crippen LogP contribution in [0.3, 0.4) is 0 Å². The van der Waals surface area contributed by atoms with E-state index in [9.17, 15) is 8.42 Å². The van der Waals surface area contributed by atoms with Gasteiger partial charge in [0.2, 0.25) is 15.0 Å². The van der Waals surface area contributed by atoms with E-state index in [0.717, 1.165) is 16.7 Å². The minimum Gasteiger partial charge on any atom is -0.497 e. The molecule has 4 rings (SSSR count). The number of H-pyrrole nitrogens is 1. The average Bonchev–Trinajstić information content (AvgIpc) is 3.26. The fourth-order valence-electron chi connectivity index (χ4n) is 3.23. The van der Waals surface area contributed by atoms with Gasteiger partial charge in [0.1, 0.15) is 11.5 Å². The van der Waals surface area contributed by atoms with Crippen molar-refractivity contribution in [3.63, 3.8) is 0 Å². The molecule has 1 heterocycles. The van der Waals surface area contributed by atoms with Crippen LogP contribution in [0.25, 0.3) is 22.5 Å². The molecule has 3 aromatic carbocycles. The van der Waals surface area contributed by atoms with E-state index in [-0.39, 0.29) is 10.1 Å². The number of sulfone groups is 1. The average molecular weight is 435 g/mol. The predicted molar refractivity (Wildman–Crippen MR) is 119 cm³/mol. The first-order valence-electron chi connectivity index (χ1n) is 9.63. The molecule has 158 valence electrons. The maximum atomic E-state index is 13.2. The molecule has 31 heavy (non-hydrogen) atoms. The van der Waals surface area contributed by atoms with E-state index in [4.69, 9.17) is 9.47 Å². The van der Waals surface area contributed by atoms with Crippen LogP contribution < -0.4 is 9.47 Å². The van der Waals surface area contributed by atoms with Crippen molar-refractivity contribution >= 4 is 9.84 Å². The van der Waals surface area contributed by atoms with E-state index >= 15 is 0 Å². The fraction of sp³-hybridized carbons (Fsp3) is 0.125. The zero-order valence-electron chi connectivity index (χ0n) is 17.4. The highest BCUT2D eigenvalue weighted by Crippen LogP contribution is 2.34. The second-order valence-electron chi connectivity index (χ2n) is 7.04. The van der Waals surface area contributed by atoms with Crippen LogP contribution in [0.5, 0.6) is 11.5 Å². The molecule has 0 bridgehead atoms. The molecule has 1 aromatic heterocycles. The molecular weight excluding hydrogens is 412 g/mol. The molecule has 0 spiro atoms. The molecule has 4 aromatic rings. The first-order valence-corrected chi connectivity index (χ1v) is 11.1. The molecule has 6 nitrogen and oxygen atoms in total. The number of aryl methyl sites for hydroxylation is 1. The van der Waals surface area contributed by atoms with Crippen LogP contribution in [0, 0.1) is 6.92 Å². The van der Waals surface area contributed by atoms with Crippen LogP contribution >= 0.6 is 0 Å². The van der Waals surface area contributed by atoms with Crippen LogP contribution in [-0.2, 0) is 9.84 Å². The predicted octanol–water partition coefficient (Wildman–Crippen LogP) is 4.90. The third kappa shape index (κ3) is 4.04. The molecule has 7 heteroatoms. The Bertz CT molecular complexity index is 1230. The minimum atomic E-state index is -3.82. The lowest BCUT2D eigenvalue weighted by atomic mass is 10.0. The van der Waals surface area contributed by atoms with Gasteiger partial charge in [-0.2, -0.15) is 0 Å². The van der Waals surface area contributed by atoms with Gasteiger partial charge in [0.05, 0.1) is 30.5 Å². The molecule has 0 aliphatic carbocycles. The Balaban J connectivity index is 1.87. The van der Waals surface area contributed by atoms with Gasteiger partial charge in [-0.3, -0.25) is 0 Å². The smallest absolute Gasteiger partial charge is 0.239 e. The van der Waals surface area contributed by atoms with E-state index in [1.807, 2.05) is 55.5 Å². The second-order valence-corrected chi connectivity index (χ2v) is 8.90. The molecule has 0 radical (unpaired) electrons. The van der Waals surface area contributed by atoms with Crippen LogP contribution in [0.2, 0.25) is 0 Å². The number of methoxy groups -OCH3 is 2. The Kier molecular flexibility index (Phi) is 5.52. The molecule has 0 saturated carbocycles. The van der Waals surface area contributed by atoms with E-state index in [1.54, 1.807) is 38.5 Å². The Hall–Kier alpha value is -3.58. The summed E-state index contributed by atoms with van der Waals surface area (Å²) < 4.78 is 37.0. The maximum absolute atomic E-state index is 13.2. The zero-order valence-corrected chi connectivity index (χ0v) is 18.2. The third-order valence-electron chi connectivity index (χ3n) is 5.01. The van der Waals surface area contributed by atoms with Crippen molar-refractivity contribution in [1.29, 1.82) is 0 Å². The van der Waals surface area contributed by atoms with Gasteiger partial charge in [-0.05, 0) is 67.6 Å². The number of imidazole rings is 1. The summed E-state index contributed by atoms with van der Waals surface area (Å²) in [7, 11) is -0.622. The highest BCUT2D eigenvalue weighted by molar-refractivity contribution is 7.91. The number of hydrogen-bond acceptors (Lipinski definition) is 5. The molecule has 0 aliphatic heterocycles. The number of nitrogens with zero attached hydrogens (tertiary/aromatic N) is 1. The summed E-state index contributed by atoms with van der Waals surface area (Å²) in [5.41, 5.74) is 3.70. The van der Waals surface area contributed by atoms with Crippen molar-refractivity contribution in [1.82, 2.24) is 9.97 Å². The van der Waals surface area contributed by atoms with Crippen LogP contribution in [-0.4, -0.2) is 32.6 Å². The van der Waals surface area contributed by atoms with Crippen LogP contribution in [0.1, 0.15) is 5.56 Å². The number of rotatable bonds is 6. The standard InChI is InChI=1S/C24H22N2O4S/c1-16-4-14-21(15-5-16)31(27,28)24-25-22(17-6-10-19(29-2)11-7-17)23(26-24)18-8-12-20(30-3)13-9-18/h4-15H,1-3H3,(H,25,26). The number of ether oxygens (including phenoxy) is 2. The lowest BCUT2D eigenvalue weighted by molar-refractivity contribution is 0.414. The number of nitrogens with one attached hydrogen (secondary N) is 1. The van der Waals surface area contributed by atoms with Gasteiger partial charge < -0.3 is 14.5 Å². The molecule has 0 fully saturated rings. The lowest BCUT2D eigenvalue weighted by Crippen LogP contribution is -2.04. The van der Waals surface area contributed by atoms with Crippen molar-refractivity contribution in [2.75, 3.05) is 14.2 Å². The van der Waals surface area contributed by atoms with Crippen molar-refractivity contribution in [3.8, 4) is 34.0 Å². The van der Waals surface area contributed by atoms with Gasteiger partial charge in [0.25, 0.3) is 0 Å². The highest BCUT2D eigenvalue weighted by atomic mass is 32.2. The third-order valence-corrected chi connectivity index (χ3v) is 6.61. The molecule has 0 unspecified atom stereocenters. The van der Waals surface area contributed by atoms with Crippen LogP contribution in [0.15, 0.2) is 82.8 Å². The number of aromatic amines is 1. The summed E-state index contributed by atoms with van der Waals surface area (Å²) in [6.45, 7) is 1.91. The summed E-state index contributed by atoms with van der Waals surface area (Å²) in [6, 6.07) is 21.4. The molecule has 0 saturated heterocycles. The first kappa shape index (κ1) is 20.7. The molecule has 0 aliphatic rings. The Morgan fingerprint density at radius 1 is 0.742 bits per heavy atom. The number of benzene rings is 3. The largest absolute Gasteiger partial charge is 0.497 e. The highest BCUT2D eigenvalue weighted by Gasteiger charge is 2.25. The normalized spacial score (nSPS) is 11.3. The molecular formula is C24H22N2O4S. The summed E-state index contributed by atoms with van der Waals surface area (Å²) in [4.78, 5) is 7.74. The molecule has 0 amide bonds. The van der Waals surface area contributed by atoms with Gasteiger partial charge in [-0.1, -0.05) is 17.7 Å². The molecule has 0 atom stereocenters. The van der Waals surface area contributed by atoms with Crippen molar-refractivity contribution in [2.24, 2.45) is 0 Å². The van der Waals surface area contributed by atoms with E-state index in [0.29, 0.717) is 22.9 Å². The number of hydrogen-bond donors (Lipinski definition) is 1. The Morgan fingerprint density at radius 2 is 1.26 bits per heavy atom. The van der Waals surface area contributed by atoms with Gasteiger partial charge in [-0.25, -0.2) is 13.4 Å². The fourth-order valence-corrected chi connectivity index (χ4v) is 4.40. The minimum absolute atomic E-state index is 0.104. The van der Waals surface area contributed by atoms with Crippen LogP contribution in [0.4, 0.5) is 0 Å². The SMILES string of the molecule is COc1ccc(-c2nc(S(=O)(=O)c3ccc(C)cc3)[nH]c2-c2ccc(OC)cc2)cc1. The maximum Gasteiger partial charge on any atom is 0.239 e. The van der Waals surface area contributed by atoms with E-state index in [1.165, 1.54) is 0 Å². The quantitative estimate of drug-likeness (QED) is 0.467. The monoisotopic (exact) mass is 434 g/mol. The zero-order chi connectivity index (χ0) is 22.0. The van der Waals surface area contributed by atoms with Crippen molar-refractivity contribution < 1.29 is 17.9 Å². The van der Waals surface area contributed by atoms with E-state index in [2.05, 4.69) is 9.97 Å². The second kappa shape index (κ2) is 8.28. The Labute approximate surface area is 181 Å². The topological polar surface area (TPSA) is 81.3 Å². The van der Waals surface area contributed by atoms with Crippen molar-refractivity contribution in [3.05, 3.63) is 78.4 Å². The summed E-state index contributed by atoms with van der Waals surface area (Å²) in [6.07, 6.45) is 0. The van der Waals surface area contributed by atoms with Gasteiger partial charge >= 0.3 is 0 Å². The van der Waals surface area contributed by atoms with Gasteiger partial charge in [-0.15, -0.1) is 0 Å². The Morgan fingerprint density at radius 3 is 1.77 bits per heavy atom. The summed E-state index contributed by atoms with van der Waals surface area (Å²) in [5, 5.41) is -0.104. The summed E-state index contributed by atoms with van der Waals surface area (Å²) >= 11 is 0. The van der Waals surface area contributed by atoms with Gasteiger partial charge in [0.15, 0.2) is 0 Å². The molecule has 1 N–H and O–H groups in total. The van der Waals surface area contributed by atoms with Crippen molar-refractivity contribution in [2.45, 2.75) is 17.0 Å². The first-order chi connectivity index (χ1) is 14.9. The number of aromatic nitrogens is 2. The summed E-state index contributed by atoms with van der Waals surface area (Å²) in [5.74, 6) is 1.42. The lowest BCUT2D eigenvalue weighted by Gasteiger charge is -2.06. The van der Waals surface area contributed by atoms with E-state index < -0.39 is 9.84 Å².